The maximum absolute atomic E-state index is 13.1. The van der Waals surface area contributed by atoms with Gasteiger partial charge in [-0.2, -0.15) is 0 Å². The Hall–Kier alpha value is -0.890. The van der Waals surface area contributed by atoms with Crippen LogP contribution in [0.1, 0.15) is 38.2 Å². The molecule has 1 aromatic carbocycles. The molecule has 1 aliphatic rings. The molecule has 0 saturated heterocycles. The van der Waals surface area contributed by atoms with Crippen molar-refractivity contribution in [3.8, 4) is 0 Å². The molecule has 0 amide bonds. The third-order valence-electron chi connectivity index (χ3n) is 3.72. The molecule has 0 aromatic heterocycles. The van der Waals surface area contributed by atoms with Crippen molar-refractivity contribution in [1.29, 1.82) is 0 Å². The SMILES string of the molecule is CC1CCC(N)(Cc2cccc(F)c2)CC1. The van der Waals surface area contributed by atoms with Crippen molar-refractivity contribution in [1.82, 2.24) is 0 Å². The molecule has 0 radical (unpaired) electrons. The van der Waals surface area contributed by atoms with Gasteiger partial charge in [-0.25, -0.2) is 4.39 Å². The van der Waals surface area contributed by atoms with Gasteiger partial charge in [0.15, 0.2) is 0 Å². The fourth-order valence-corrected chi connectivity index (χ4v) is 2.57. The van der Waals surface area contributed by atoms with Gasteiger partial charge in [0, 0.05) is 5.54 Å². The fraction of sp³-hybridized carbons (Fsp3) is 0.571. The van der Waals surface area contributed by atoms with Gasteiger partial charge in [0.25, 0.3) is 0 Å². The molecule has 1 aliphatic carbocycles. The summed E-state index contributed by atoms with van der Waals surface area (Å²) in [4.78, 5) is 0. The molecule has 2 rings (SSSR count). The second kappa shape index (κ2) is 4.54. The maximum atomic E-state index is 13.1. The molecule has 1 nitrogen and oxygen atoms in total. The number of nitrogens with two attached hydrogens (primary N) is 1. The van der Waals surface area contributed by atoms with Gasteiger partial charge < -0.3 is 5.73 Å². The van der Waals surface area contributed by atoms with E-state index in [4.69, 9.17) is 5.73 Å². The van der Waals surface area contributed by atoms with Gasteiger partial charge in [0.1, 0.15) is 5.82 Å². The molecule has 1 fully saturated rings. The molecule has 2 heteroatoms. The Morgan fingerprint density at radius 2 is 2.06 bits per heavy atom. The zero-order valence-corrected chi connectivity index (χ0v) is 9.88. The first-order valence-corrected chi connectivity index (χ1v) is 6.11. The lowest BCUT2D eigenvalue weighted by molar-refractivity contribution is 0.243. The van der Waals surface area contributed by atoms with Crippen LogP contribution in [0.2, 0.25) is 0 Å². The third-order valence-corrected chi connectivity index (χ3v) is 3.72. The zero-order chi connectivity index (χ0) is 11.6. The molecule has 1 aromatic rings. The minimum absolute atomic E-state index is 0.111. The lowest BCUT2D eigenvalue weighted by Gasteiger charge is -2.36. The van der Waals surface area contributed by atoms with Crippen LogP contribution in [-0.4, -0.2) is 5.54 Å². The standard InChI is InChI=1S/C14H20FN/c1-11-5-7-14(16,8-6-11)10-12-3-2-4-13(15)9-12/h2-4,9,11H,5-8,10,16H2,1H3. The van der Waals surface area contributed by atoms with Gasteiger partial charge in [-0.05, 0) is 55.7 Å². The van der Waals surface area contributed by atoms with E-state index in [1.807, 2.05) is 6.07 Å². The first-order valence-electron chi connectivity index (χ1n) is 6.11. The van der Waals surface area contributed by atoms with Crippen LogP contribution in [0.15, 0.2) is 24.3 Å². The van der Waals surface area contributed by atoms with E-state index in [1.165, 1.54) is 18.9 Å². The summed E-state index contributed by atoms with van der Waals surface area (Å²) in [6.07, 6.45) is 5.32. The Kier molecular flexibility index (Phi) is 3.29. The normalized spacial score (nSPS) is 30.3. The quantitative estimate of drug-likeness (QED) is 0.815. The van der Waals surface area contributed by atoms with Crippen molar-refractivity contribution in [2.45, 2.75) is 44.6 Å². The highest BCUT2D eigenvalue weighted by atomic mass is 19.1. The van der Waals surface area contributed by atoms with Crippen molar-refractivity contribution in [3.05, 3.63) is 35.6 Å². The Morgan fingerprint density at radius 1 is 1.38 bits per heavy atom. The fourth-order valence-electron chi connectivity index (χ4n) is 2.57. The highest BCUT2D eigenvalue weighted by molar-refractivity contribution is 5.19. The van der Waals surface area contributed by atoms with E-state index < -0.39 is 0 Å². The Morgan fingerprint density at radius 3 is 2.69 bits per heavy atom. The Bertz CT molecular complexity index is 354. The molecule has 0 atom stereocenters. The highest BCUT2D eigenvalue weighted by Gasteiger charge is 2.30. The first-order chi connectivity index (χ1) is 7.57. The van der Waals surface area contributed by atoms with Crippen LogP contribution in [0.5, 0.6) is 0 Å². The van der Waals surface area contributed by atoms with Gasteiger partial charge in [-0.1, -0.05) is 19.1 Å². The summed E-state index contributed by atoms with van der Waals surface area (Å²) < 4.78 is 13.1. The van der Waals surface area contributed by atoms with Crippen LogP contribution >= 0.6 is 0 Å². The Labute approximate surface area is 96.9 Å². The topological polar surface area (TPSA) is 26.0 Å². The lowest BCUT2D eigenvalue weighted by atomic mass is 9.75. The van der Waals surface area contributed by atoms with Crippen molar-refractivity contribution < 1.29 is 4.39 Å². The number of hydrogen-bond acceptors (Lipinski definition) is 1. The minimum Gasteiger partial charge on any atom is -0.325 e. The summed E-state index contributed by atoms with van der Waals surface area (Å²) in [5.41, 5.74) is 7.30. The monoisotopic (exact) mass is 221 g/mol. The van der Waals surface area contributed by atoms with Crippen LogP contribution < -0.4 is 5.73 Å². The maximum Gasteiger partial charge on any atom is 0.123 e. The van der Waals surface area contributed by atoms with Crippen LogP contribution in [0.4, 0.5) is 4.39 Å². The van der Waals surface area contributed by atoms with Crippen molar-refractivity contribution >= 4 is 0 Å². The average molecular weight is 221 g/mol. The number of rotatable bonds is 2. The van der Waals surface area contributed by atoms with Crippen LogP contribution in [-0.2, 0) is 6.42 Å². The lowest BCUT2D eigenvalue weighted by Crippen LogP contribution is -2.45. The zero-order valence-electron chi connectivity index (χ0n) is 9.88. The van der Waals surface area contributed by atoms with Crippen molar-refractivity contribution in [2.24, 2.45) is 11.7 Å². The minimum atomic E-state index is -0.162. The summed E-state index contributed by atoms with van der Waals surface area (Å²) in [5.74, 6) is 0.634. The van der Waals surface area contributed by atoms with Gasteiger partial charge in [0.2, 0.25) is 0 Å². The summed E-state index contributed by atoms with van der Waals surface area (Å²) in [7, 11) is 0. The molecule has 0 spiro atoms. The van der Waals surface area contributed by atoms with E-state index in [1.54, 1.807) is 12.1 Å². The second-order valence-electron chi connectivity index (χ2n) is 5.35. The van der Waals surface area contributed by atoms with Crippen LogP contribution in [0, 0.1) is 11.7 Å². The summed E-state index contributed by atoms with van der Waals surface area (Å²) >= 11 is 0. The van der Waals surface area contributed by atoms with E-state index >= 15 is 0 Å². The first kappa shape index (κ1) is 11.6. The molecule has 0 bridgehead atoms. The van der Waals surface area contributed by atoms with E-state index in [9.17, 15) is 4.39 Å². The van der Waals surface area contributed by atoms with Gasteiger partial charge in [0.05, 0.1) is 0 Å². The largest absolute Gasteiger partial charge is 0.325 e. The summed E-state index contributed by atoms with van der Waals surface area (Å²) in [5, 5.41) is 0. The van der Waals surface area contributed by atoms with Crippen molar-refractivity contribution in [3.63, 3.8) is 0 Å². The molecule has 16 heavy (non-hydrogen) atoms. The molecular formula is C14H20FN. The predicted molar refractivity (Wildman–Crippen MR) is 64.7 cm³/mol. The number of hydrogen-bond donors (Lipinski definition) is 1. The molecule has 88 valence electrons. The molecule has 0 heterocycles. The molecule has 1 saturated carbocycles. The van der Waals surface area contributed by atoms with E-state index in [-0.39, 0.29) is 11.4 Å². The van der Waals surface area contributed by atoms with Crippen LogP contribution in [0.25, 0.3) is 0 Å². The molecule has 0 unspecified atom stereocenters. The third kappa shape index (κ3) is 2.82. The van der Waals surface area contributed by atoms with Gasteiger partial charge in [-0.3, -0.25) is 0 Å². The second-order valence-corrected chi connectivity index (χ2v) is 5.35. The predicted octanol–water partition coefficient (Wildman–Crippen LogP) is 3.28. The van der Waals surface area contributed by atoms with Gasteiger partial charge >= 0.3 is 0 Å². The summed E-state index contributed by atoms with van der Waals surface area (Å²) in [6, 6.07) is 6.82. The smallest absolute Gasteiger partial charge is 0.123 e. The van der Waals surface area contributed by atoms with Gasteiger partial charge in [-0.15, -0.1) is 0 Å². The molecular weight excluding hydrogens is 201 g/mol. The average Bonchev–Trinajstić information content (AvgIpc) is 2.23. The number of halogens is 1. The van der Waals surface area contributed by atoms with E-state index in [2.05, 4.69) is 6.92 Å². The number of benzene rings is 1. The highest BCUT2D eigenvalue weighted by Crippen LogP contribution is 2.32. The molecule has 0 aliphatic heterocycles. The van der Waals surface area contributed by atoms with E-state index in [0.29, 0.717) is 0 Å². The summed E-state index contributed by atoms with van der Waals surface area (Å²) in [6.45, 7) is 2.28. The van der Waals surface area contributed by atoms with Crippen molar-refractivity contribution in [2.75, 3.05) is 0 Å². The Balaban J connectivity index is 2.03. The molecule has 2 N–H and O–H groups in total. The van der Waals surface area contributed by atoms with Crippen LogP contribution in [0.3, 0.4) is 0 Å². The van der Waals surface area contributed by atoms with E-state index in [0.717, 1.165) is 30.7 Å².